The van der Waals surface area contributed by atoms with Gasteiger partial charge in [0.05, 0.1) is 33.1 Å². The average molecular weight is 487 g/mol. The van der Waals surface area contributed by atoms with Crippen LogP contribution in [0.15, 0.2) is 29.8 Å². The molecule has 184 valence electrons. The van der Waals surface area contributed by atoms with Gasteiger partial charge in [-0.15, -0.1) is 11.3 Å². The molecule has 8 nitrogen and oxygen atoms in total. The summed E-state index contributed by atoms with van der Waals surface area (Å²) < 4.78 is 18.5. The summed E-state index contributed by atoms with van der Waals surface area (Å²) >= 11 is 1.61. The first-order valence-electron chi connectivity index (χ1n) is 11.8. The largest absolute Gasteiger partial charge is 0.497 e. The van der Waals surface area contributed by atoms with Crippen molar-refractivity contribution in [1.82, 2.24) is 19.2 Å². The van der Waals surface area contributed by atoms with Crippen LogP contribution in [0.1, 0.15) is 19.5 Å². The summed E-state index contributed by atoms with van der Waals surface area (Å²) in [5.74, 6) is 1.69. The van der Waals surface area contributed by atoms with Crippen molar-refractivity contribution in [2.24, 2.45) is 5.92 Å². The van der Waals surface area contributed by atoms with Crippen LogP contribution in [0.25, 0.3) is 16.2 Å². The summed E-state index contributed by atoms with van der Waals surface area (Å²) in [7, 11) is 3.31. The molecule has 2 aromatic heterocycles. The van der Waals surface area contributed by atoms with E-state index >= 15 is 0 Å². The van der Waals surface area contributed by atoms with Crippen LogP contribution in [0.5, 0.6) is 11.5 Å². The van der Waals surface area contributed by atoms with E-state index in [0.717, 1.165) is 79.2 Å². The predicted octanol–water partition coefficient (Wildman–Crippen LogP) is 3.44. The number of imidazole rings is 1. The molecule has 0 unspecified atom stereocenters. The maximum Gasteiger partial charge on any atom is 0.225 e. The summed E-state index contributed by atoms with van der Waals surface area (Å²) in [6.07, 6.45) is 2.81. The second-order valence-corrected chi connectivity index (χ2v) is 9.59. The fourth-order valence-corrected chi connectivity index (χ4v) is 5.09. The molecule has 0 N–H and O–H groups in total. The zero-order chi connectivity index (χ0) is 24.1. The highest BCUT2D eigenvalue weighted by atomic mass is 32.1. The molecule has 3 heterocycles. The smallest absolute Gasteiger partial charge is 0.225 e. The Hall–Kier alpha value is -2.62. The highest BCUT2D eigenvalue weighted by Crippen LogP contribution is 2.34. The van der Waals surface area contributed by atoms with Gasteiger partial charge in [-0.05, 0) is 18.2 Å². The number of aromatic nitrogens is 2. The van der Waals surface area contributed by atoms with Crippen LogP contribution in [0.4, 0.5) is 0 Å². The number of morpholine rings is 1. The Labute approximate surface area is 205 Å². The van der Waals surface area contributed by atoms with Gasteiger partial charge in [0.15, 0.2) is 4.96 Å². The summed E-state index contributed by atoms with van der Waals surface area (Å²) in [6, 6.07) is 5.72. The molecule has 1 aliphatic heterocycles. The molecule has 34 heavy (non-hydrogen) atoms. The number of hydrogen-bond donors (Lipinski definition) is 0. The van der Waals surface area contributed by atoms with E-state index in [1.165, 1.54) is 0 Å². The topological polar surface area (TPSA) is 68.5 Å². The molecule has 0 spiro atoms. The number of hydrogen-bond acceptors (Lipinski definition) is 7. The van der Waals surface area contributed by atoms with E-state index in [1.54, 1.807) is 25.6 Å². The third kappa shape index (κ3) is 5.54. The molecular formula is C25H34N4O4S. The molecule has 0 radical (unpaired) electrons. The van der Waals surface area contributed by atoms with Gasteiger partial charge in [-0.2, -0.15) is 0 Å². The Morgan fingerprint density at radius 3 is 2.71 bits per heavy atom. The maximum atomic E-state index is 12.9. The number of fused-ring (bicyclic) bond motifs is 1. The van der Waals surface area contributed by atoms with Crippen molar-refractivity contribution in [2.45, 2.75) is 20.3 Å². The number of amides is 1. The van der Waals surface area contributed by atoms with E-state index < -0.39 is 0 Å². The minimum Gasteiger partial charge on any atom is -0.497 e. The lowest BCUT2D eigenvalue weighted by molar-refractivity contribution is -0.134. The van der Waals surface area contributed by atoms with Crippen molar-refractivity contribution in [3.8, 4) is 22.8 Å². The molecule has 9 heteroatoms. The van der Waals surface area contributed by atoms with E-state index in [1.807, 2.05) is 43.1 Å². The van der Waals surface area contributed by atoms with Gasteiger partial charge in [0, 0.05) is 67.9 Å². The van der Waals surface area contributed by atoms with E-state index in [-0.39, 0.29) is 11.8 Å². The predicted molar refractivity (Wildman–Crippen MR) is 134 cm³/mol. The molecule has 1 saturated heterocycles. The van der Waals surface area contributed by atoms with E-state index in [0.29, 0.717) is 6.54 Å². The molecular weight excluding hydrogens is 452 g/mol. The van der Waals surface area contributed by atoms with Crippen LogP contribution < -0.4 is 9.47 Å². The molecule has 1 fully saturated rings. The molecule has 1 aliphatic rings. The molecule has 1 aromatic carbocycles. The Bertz CT molecular complexity index is 1100. The minimum atomic E-state index is -0.0208. The van der Waals surface area contributed by atoms with E-state index in [4.69, 9.17) is 19.2 Å². The number of methoxy groups -OCH3 is 2. The monoisotopic (exact) mass is 486 g/mol. The van der Waals surface area contributed by atoms with Crippen LogP contribution in [0.3, 0.4) is 0 Å². The Balaban J connectivity index is 1.49. The molecule has 0 bridgehead atoms. The van der Waals surface area contributed by atoms with Crippen molar-refractivity contribution in [1.29, 1.82) is 0 Å². The van der Waals surface area contributed by atoms with Gasteiger partial charge in [-0.1, -0.05) is 13.8 Å². The van der Waals surface area contributed by atoms with Gasteiger partial charge in [-0.3, -0.25) is 14.1 Å². The normalized spacial score (nSPS) is 14.6. The van der Waals surface area contributed by atoms with Crippen molar-refractivity contribution in [3.63, 3.8) is 0 Å². The van der Waals surface area contributed by atoms with Gasteiger partial charge in [0.25, 0.3) is 0 Å². The number of carbonyl (C=O) groups excluding carboxylic acids is 1. The number of nitrogens with zero attached hydrogens (tertiary/aromatic N) is 4. The number of ether oxygens (including phenoxy) is 3. The number of benzene rings is 1. The Morgan fingerprint density at radius 2 is 2.00 bits per heavy atom. The quantitative estimate of drug-likeness (QED) is 0.437. The van der Waals surface area contributed by atoms with Gasteiger partial charge in [0.2, 0.25) is 5.91 Å². The van der Waals surface area contributed by atoms with Crippen LogP contribution >= 0.6 is 11.3 Å². The first-order chi connectivity index (χ1) is 16.5. The second-order valence-electron chi connectivity index (χ2n) is 8.76. The zero-order valence-electron chi connectivity index (χ0n) is 20.5. The highest BCUT2D eigenvalue weighted by molar-refractivity contribution is 7.15. The number of thiazole rings is 1. The molecule has 1 amide bonds. The average Bonchev–Trinajstić information content (AvgIpc) is 3.45. The summed E-state index contributed by atoms with van der Waals surface area (Å²) in [5.41, 5.74) is 2.88. The van der Waals surface area contributed by atoms with Crippen molar-refractivity contribution >= 4 is 22.2 Å². The standard InChI is InChI=1S/C25H34N4O4S/c1-18(2)24(30)28(10-9-27-11-13-33-14-12-27)8-7-19-17-34-25-26-22(16-29(19)25)21-15-20(31-3)5-6-23(21)32-4/h5-6,15-18H,7-14H2,1-4H3. The fraction of sp³-hybridized carbons (Fsp3) is 0.520. The number of carbonyl (C=O) groups is 1. The summed E-state index contributed by atoms with van der Waals surface area (Å²) in [6.45, 7) is 9.64. The zero-order valence-corrected chi connectivity index (χ0v) is 21.3. The molecule has 0 aliphatic carbocycles. The molecule has 0 atom stereocenters. The van der Waals surface area contributed by atoms with Crippen LogP contribution in [0, 0.1) is 5.92 Å². The summed E-state index contributed by atoms with van der Waals surface area (Å²) in [4.78, 5) is 23.0. The van der Waals surface area contributed by atoms with Crippen molar-refractivity contribution in [2.75, 3.05) is 60.2 Å². The van der Waals surface area contributed by atoms with Gasteiger partial charge in [0.1, 0.15) is 11.5 Å². The first-order valence-corrected chi connectivity index (χ1v) is 12.6. The lowest BCUT2D eigenvalue weighted by atomic mass is 10.1. The van der Waals surface area contributed by atoms with Gasteiger partial charge >= 0.3 is 0 Å². The minimum absolute atomic E-state index is 0.0208. The lowest BCUT2D eigenvalue weighted by Gasteiger charge is -2.31. The molecule has 4 rings (SSSR count). The third-order valence-corrected chi connectivity index (χ3v) is 7.09. The maximum absolute atomic E-state index is 12.9. The van der Waals surface area contributed by atoms with E-state index in [9.17, 15) is 4.79 Å². The first kappa shape index (κ1) is 24.5. The molecule has 0 saturated carbocycles. The van der Waals surface area contributed by atoms with Crippen molar-refractivity contribution in [3.05, 3.63) is 35.5 Å². The van der Waals surface area contributed by atoms with Crippen molar-refractivity contribution < 1.29 is 19.0 Å². The molecule has 3 aromatic rings. The second kappa shape index (κ2) is 11.2. The van der Waals surface area contributed by atoms with E-state index in [2.05, 4.69) is 14.7 Å². The Morgan fingerprint density at radius 1 is 1.21 bits per heavy atom. The number of rotatable bonds is 10. The lowest BCUT2D eigenvalue weighted by Crippen LogP contribution is -2.44. The summed E-state index contributed by atoms with van der Waals surface area (Å²) in [5, 5.41) is 2.13. The Kier molecular flexibility index (Phi) is 8.07. The fourth-order valence-electron chi connectivity index (χ4n) is 4.19. The highest BCUT2D eigenvalue weighted by Gasteiger charge is 2.20. The SMILES string of the molecule is COc1ccc(OC)c(-c2cn3c(CCN(CCN4CCOCC4)C(=O)C(C)C)csc3n2)c1. The van der Waals surface area contributed by atoms with Crippen LogP contribution in [-0.4, -0.2) is 85.2 Å². The van der Waals surface area contributed by atoms with Crippen LogP contribution in [0.2, 0.25) is 0 Å². The van der Waals surface area contributed by atoms with Gasteiger partial charge in [-0.25, -0.2) is 4.98 Å². The third-order valence-electron chi connectivity index (χ3n) is 6.20. The van der Waals surface area contributed by atoms with Gasteiger partial charge < -0.3 is 19.1 Å². The van der Waals surface area contributed by atoms with Crippen LogP contribution in [-0.2, 0) is 16.0 Å².